The van der Waals surface area contributed by atoms with Crippen LogP contribution in [0.5, 0.6) is 0 Å². The Bertz CT molecular complexity index is 543. The lowest BCUT2D eigenvalue weighted by Gasteiger charge is -2.28. The number of hydrogen-bond acceptors (Lipinski definition) is 4. The summed E-state index contributed by atoms with van der Waals surface area (Å²) in [5.41, 5.74) is 1.38. The number of nitrogens with one attached hydrogen (secondary N) is 1. The summed E-state index contributed by atoms with van der Waals surface area (Å²) in [6.07, 6.45) is 3.46. The van der Waals surface area contributed by atoms with Crippen LogP contribution in [0, 0.1) is 6.92 Å². The zero-order valence-corrected chi connectivity index (χ0v) is 14.4. The highest BCUT2D eigenvalue weighted by Crippen LogP contribution is 2.22. The van der Waals surface area contributed by atoms with Gasteiger partial charge in [0.1, 0.15) is 10.8 Å². The van der Waals surface area contributed by atoms with E-state index < -0.39 is 5.60 Å². The molecule has 0 saturated carbocycles. The molecule has 5 nitrogen and oxygen atoms in total. The van der Waals surface area contributed by atoms with Crippen LogP contribution in [-0.2, 0) is 4.74 Å². The van der Waals surface area contributed by atoms with E-state index in [-0.39, 0.29) is 12.1 Å². The van der Waals surface area contributed by atoms with Crippen molar-refractivity contribution >= 4 is 23.4 Å². The molecule has 1 fully saturated rings. The maximum absolute atomic E-state index is 12.2. The summed E-state index contributed by atoms with van der Waals surface area (Å²) in [6.45, 7) is 9.01. The van der Waals surface area contributed by atoms with E-state index in [2.05, 4.69) is 10.3 Å². The van der Waals surface area contributed by atoms with E-state index in [0.717, 1.165) is 30.6 Å². The van der Waals surface area contributed by atoms with Gasteiger partial charge in [-0.15, -0.1) is 0 Å². The molecule has 6 heteroatoms. The van der Waals surface area contributed by atoms with E-state index in [4.69, 9.17) is 16.3 Å². The Balaban J connectivity index is 1.93. The van der Waals surface area contributed by atoms with Crippen molar-refractivity contribution in [2.24, 2.45) is 0 Å². The first kappa shape index (κ1) is 16.9. The highest BCUT2D eigenvalue weighted by Gasteiger charge is 2.31. The summed E-state index contributed by atoms with van der Waals surface area (Å²) in [4.78, 5) is 18.2. The van der Waals surface area contributed by atoms with Gasteiger partial charge < -0.3 is 15.0 Å². The Hall–Kier alpha value is -1.49. The van der Waals surface area contributed by atoms with Crippen LogP contribution in [0.3, 0.4) is 0 Å². The van der Waals surface area contributed by atoms with Gasteiger partial charge in [-0.25, -0.2) is 9.78 Å². The number of ether oxygens (including phenoxy) is 1. The Morgan fingerprint density at radius 1 is 1.55 bits per heavy atom. The van der Waals surface area contributed by atoms with Gasteiger partial charge in [0, 0.05) is 13.1 Å². The highest BCUT2D eigenvalue weighted by atomic mass is 35.5. The van der Waals surface area contributed by atoms with Gasteiger partial charge >= 0.3 is 6.09 Å². The van der Waals surface area contributed by atoms with Crippen LogP contribution < -0.4 is 5.32 Å². The van der Waals surface area contributed by atoms with Gasteiger partial charge in [0.2, 0.25) is 0 Å². The van der Waals surface area contributed by atoms with Crippen molar-refractivity contribution in [3.05, 3.63) is 23.0 Å². The van der Waals surface area contributed by atoms with Crippen LogP contribution in [0.1, 0.15) is 39.2 Å². The number of halogens is 1. The van der Waals surface area contributed by atoms with Crippen LogP contribution in [-0.4, -0.2) is 40.7 Å². The molecule has 122 valence electrons. The molecule has 0 aromatic carbocycles. The number of anilines is 1. The average molecular weight is 326 g/mol. The van der Waals surface area contributed by atoms with E-state index in [1.54, 1.807) is 6.20 Å². The third kappa shape index (κ3) is 4.50. The molecule has 1 aromatic heterocycles. The number of nitrogens with zero attached hydrogens (tertiary/aromatic N) is 2. The van der Waals surface area contributed by atoms with Gasteiger partial charge in [0.05, 0.1) is 17.9 Å². The molecule has 2 heterocycles. The van der Waals surface area contributed by atoms with Gasteiger partial charge in [-0.05, 0) is 52.2 Å². The van der Waals surface area contributed by atoms with Gasteiger partial charge in [-0.1, -0.05) is 11.6 Å². The van der Waals surface area contributed by atoms with Crippen molar-refractivity contribution in [2.75, 3.05) is 18.4 Å². The molecule has 2 rings (SSSR count). The molecule has 0 bridgehead atoms. The van der Waals surface area contributed by atoms with Crippen molar-refractivity contribution in [2.45, 2.75) is 52.2 Å². The molecule has 1 N–H and O–H groups in total. The fraction of sp³-hybridized carbons (Fsp3) is 0.625. The van der Waals surface area contributed by atoms with Crippen LogP contribution in [0.2, 0.25) is 5.15 Å². The first-order valence-corrected chi connectivity index (χ1v) is 8.00. The monoisotopic (exact) mass is 325 g/mol. The Kier molecular flexibility index (Phi) is 5.16. The second-order valence-electron chi connectivity index (χ2n) is 6.68. The molecular weight excluding hydrogens is 302 g/mol. The second-order valence-corrected chi connectivity index (χ2v) is 7.04. The SMILES string of the molecule is Cc1cc(NCC2CCCN2C(=O)OC(C)(C)C)cnc1Cl. The van der Waals surface area contributed by atoms with Crippen molar-refractivity contribution in [3.8, 4) is 0 Å². The molecule has 0 spiro atoms. The normalized spacial score (nSPS) is 18.4. The number of amides is 1. The number of carbonyl (C=O) groups excluding carboxylic acids is 1. The van der Waals surface area contributed by atoms with E-state index in [1.165, 1.54) is 0 Å². The minimum atomic E-state index is -0.463. The van der Waals surface area contributed by atoms with E-state index in [0.29, 0.717) is 11.7 Å². The minimum Gasteiger partial charge on any atom is -0.444 e. The van der Waals surface area contributed by atoms with E-state index in [1.807, 2.05) is 38.7 Å². The molecule has 22 heavy (non-hydrogen) atoms. The number of aromatic nitrogens is 1. The topological polar surface area (TPSA) is 54.5 Å². The first-order valence-electron chi connectivity index (χ1n) is 7.62. The fourth-order valence-electron chi connectivity index (χ4n) is 2.50. The highest BCUT2D eigenvalue weighted by molar-refractivity contribution is 6.30. The minimum absolute atomic E-state index is 0.144. The van der Waals surface area contributed by atoms with Crippen molar-refractivity contribution in [1.82, 2.24) is 9.88 Å². The standard InChI is InChI=1S/C16H24ClN3O2/c1-11-8-12(9-19-14(11)17)18-10-13-6-5-7-20(13)15(21)22-16(2,3)4/h8-9,13,18H,5-7,10H2,1-4H3. The third-order valence-electron chi connectivity index (χ3n) is 3.56. The molecule has 1 amide bonds. The zero-order valence-electron chi connectivity index (χ0n) is 13.6. The predicted octanol–water partition coefficient (Wildman–Crippen LogP) is 3.85. The summed E-state index contributed by atoms with van der Waals surface area (Å²) in [7, 11) is 0. The van der Waals surface area contributed by atoms with Crippen molar-refractivity contribution < 1.29 is 9.53 Å². The summed E-state index contributed by atoms with van der Waals surface area (Å²) in [5, 5.41) is 3.85. The smallest absolute Gasteiger partial charge is 0.410 e. The van der Waals surface area contributed by atoms with Gasteiger partial charge in [-0.2, -0.15) is 0 Å². The number of aryl methyl sites for hydroxylation is 1. The lowest BCUT2D eigenvalue weighted by Crippen LogP contribution is -2.42. The molecule has 0 aliphatic carbocycles. The van der Waals surface area contributed by atoms with E-state index in [9.17, 15) is 4.79 Å². The Morgan fingerprint density at radius 3 is 2.91 bits per heavy atom. The predicted molar refractivity (Wildman–Crippen MR) is 88.4 cm³/mol. The zero-order chi connectivity index (χ0) is 16.3. The Labute approximate surface area is 137 Å². The summed E-state index contributed by atoms with van der Waals surface area (Å²) >= 11 is 5.93. The molecule has 1 aliphatic heterocycles. The van der Waals surface area contributed by atoms with Gasteiger partial charge in [0.15, 0.2) is 0 Å². The molecular formula is C16H24ClN3O2. The third-order valence-corrected chi connectivity index (χ3v) is 3.96. The van der Waals surface area contributed by atoms with Gasteiger partial charge in [0.25, 0.3) is 0 Å². The van der Waals surface area contributed by atoms with Gasteiger partial charge in [-0.3, -0.25) is 0 Å². The maximum atomic E-state index is 12.2. The lowest BCUT2D eigenvalue weighted by molar-refractivity contribution is 0.0235. The molecule has 0 radical (unpaired) electrons. The number of pyridine rings is 1. The van der Waals surface area contributed by atoms with Crippen LogP contribution in [0.25, 0.3) is 0 Å². The number of hydrogen-bond donors (Lipinski definition) is 1. The molecule has 1 unspecified atom stereocenters. The largest absolute Gasteiger partial charge is 0.444 e. The quantitative estimate of drug-likeness (QED) is 0.857. The number of rotatable bonds is 3. The number of likely N-dealkylation sites (tertiary alicyclic amines) is 1. The van der Waals surface area contributed by atoms with E-state index >= 15 is 0 Å². The van der Waals surface area contributed by atoms with Crippen LogP contribution in [0.4, 0.5) is 10.5 Å². The lowest BCUT2D eigenvalue weighted by atomic mass is 10.2. The van der Waals surface area contributed by atoms with Crippen molar-refractivity contribution in [1.29, 1.82) is 0 Å². The van der Waals surface area contributed by atoms with Crippen LogP contribution >= 0.6 is 11.6 Å². The molecule has 1 saturated heterocycles. The summed E-state index contributed by atoms with van der Waals surface area (Å²) in [6, 6.07) is 2.10. The second kappa shape index (κ2) is 6.73. The number of carbonyl (C=O) groups is 1. The average Bonchev–Trinajstić information content (AvgIpc) is 2.87. The summed E-state index contributed by atoms with van der Waals surface area (Å²) in [5.74, 6) is 0. The summed E-state index contributed by atoms with van der Waals surface area (Å²) < 4.78 is 5.47. The Morgan fingerprint density at radius 2 is 2.27 bits per heavy atom. The van der Waals surface area contributed by atoms with Crippen LogP contribution in [0.15, 0.2) is 12.3 Å². The maximum Gasteiger partial charge on any atom is 0.410 e. The molecule has 1 aliphatic rings. The molecule has 1 aromatic rings. The fourth-order valence-corrected chi connectivity index (χ4v) is 2.60. The van der Waals surface area contributed by atoms with Crippen molar-refractivity contribution in [3.63, 3.8) is 0 Å². The first-order chi connectivity index (χ1) is 10.3. The molecule has 1 atom stereocenters.